The zero-order chi connectivity index (χ0) is 13.8. The van der Waals surface area contributed by atoms with Gasteiger partial charge in [-0.05, 0) is 24.3 Å². The van der Waals surface area contributed by atoms with Gasteiger partial charge in [0.05, 0.1) is 0 Å². The van der Waals surface area contributed by atoms with Gasteiger partial charge in [-0.1, -0.05) is 13.8 Å². The quantitative estimate of drug-likeness (QED) is 0.817. The second kappa shape index (κ2) is 6.06. The van der Waals surface area contributed by atoms with Crippen LogP contribution in [0, 0.1) is 5.92 Å². The van der Waals surface area contributed by atoms with Crippen molar-refractivity contribution in [2.45, 2.75) is 13.8 Å². The Bertz CT molecular complexity index is 512. The average Bonchev–Trinajstić information content (AvgIpc) is 2.31. The fourth-order valence-corrected chi connectivity index (χ4v) is 1.83. The third-order valence-electron chi connectivity index (χ3n) is 2.09. The van der Waals surface area contributed by atoms with Crippen molar-refractivity contribution in [2.75, 3.05) is 15.3 Å². The van der Waals surface area contributed by atoms with E-state index in [1.807, 2.05) is 0 Å². The lowest BCUT2D eigenvalue weighted by Gasteiger charge is -2.09. The third kappa shape index (κ3) is 4.54. The average molecular weight is 291 g/mol. The molecule has 0 heterocycles. The zero-order valence-electron chi connectivity index (χ0n) is 10.1. The van der Waals surface area contributed by atoms with Gasteiger partial charge in [-0.3, -0.25) is 9.52 Å². The van der Waals surface area contributed by atoms with Gasteiger partial charge in [0.2, 0.25) is 15.9 Å². The number of carbonyl (C=O) groups excluding carboxylic acids is 1. The number of halogens is 1. The minimum absolute atomic E-state index is 0.0934. The van der Waals surface area contributed by atoms with E-state index in [-0.39, 0.29) is 11.8 Å². The summed E-state index contributed by atoms with van der Waals surface area (Å²) in [6.07, 6.45) is 0. The maximum atomic E-state index is 11.4. The van der Waals surface area contributed by atoms with E-state index in [1.165, 1.54) is 0 Å². The highest BCUT2D eigenvalue weighted by Gasteiger charge is 2.09. The fourth-order valence-electron chi connectivity index (χ4n) is 1.12. The molecule has 0 aromatic heterocycles. The van der Waals surface area contributed by atoms with Crippen LogP contribution in [0.4, 0.5) is 11.4 Å². The lowest BCUT2D eigenvalue weighted by Crippen LogP contribution is -2.17. The lowest BCUT2D eigenvalue weighted by atomic mass is 10.2. The lowest BCUT2D eigenvalue weighted by molar-refractivity contribution is -0.118. The van der Waals surface area contributed by atoms with Crippen LogP contribution in [-0.4, -0.2) is 19.5 Å². The molecular formula is C11H15ClN2O3S. The first-order valence-electron chi connectivity index (χ1n) is 5.31. The number of hydrogen-bond donors (Lipinski definition) is 2. The standard InChI is InChI=1S/C11H15ClN2O3S/c1-8(2)11(15)13-9-3-5-10(6-4-9)14-18(16,17)7-12/h3-6,8,14H,7H2,1-2H3,(H,13,15). The molecule has 0 fully saturated rings. The van der Waals surface area contributed by atoms with E-state index in [0.29, 0.717) is 11.4 Å². The molecule has 1 amide bonds. The Morgan fingerprint density at radius 3 is 2.17 bits per heavy atom. The van der Waals surface area contributed by atoms with Crippen molar-refractivity contribution in [3.8, 4) is 0 Å². The minimum atomic E-state index is -3.49. The number of sulfonamides is 1. The van der Waals surface area contributed by atoms with Gasteiger partial charge >= 0.3 is 0 Å². The highest BCUT2D eigenvalue weighted by Crippen LogP contribution is 2.15. The van der Waals surface area contributed by atoms with E-state index < -0.39 is 15.2 Å². The summed E-state index contributed by atoms with van der Waals surface area (Å²) in [5, 5.41) is 2.20. The Hall–Kier alpha value is -1.27. The molecule has 5 nitrogen and oxygen atoms in total. The first kappa shape index (κ1) is 14.8. The molecule has 0 saturated carbocycles. The normalized spacial score (nSPS) is 11.3. The number of carbonyl (C=O) groups is 1. The Morgan fingerprint density at radius 2 is 1.72 bits per heavy atom. The van der Waals surface area contributed by atoms with Crippen LogP contribution in [-0.2, 0) is 14.8 Å². The van der Waals surface area contributed by atoms with Crippen LogP contribution in [0.15, 0.2) is 24.3 Å². The maximum Gasteiger partial charge on any atom is 0.246 e. The van der Waals surface area contributed by atoms with Gasteiger partial charge in [0.1, 0.15) is 5.21 Å². The van der Waals surface area contributed by atoms with Crippen LogP contribution in [0.1, 0.15) is 13.8 Å². The Balaban J connectivity index is 2.72. The molecule has 0 saturated heterocycles. The van der Waals surface area contributed by atoms with Crippen LogP contribution < -0.4 is 10.0 Å². The smallest absolute Gasteiger partial charge is 0.246 e. The zero-order valence-corrected chi connectivity index (χ0v) is 11.7. The van der Waals surface area contributed by atoms with Gasteiger partial charge in [-0.15, -0.1) is 11.6 Å². The molecule has 100 valence electrons. The topological polar surface area (TPSA) is 75.3 Å². The summed E-state index contributed by atoms with van der Waals surface area (Å²) in [4.78, 5) is 11.4. The van der Waals surface area contributed by atoms with E-state index in [1.54, 1.807) is 38.1 Å². The number of anilines is 2. The summed E-state index contributed by atoms with van der Waals surface area (Å²) in [6, 6.07) is 6.35. The van der Waals surface area contributed by atoms with Gasteiger partial charge in [-0.2, -0.15) is 0 Å². The SMILES string of the molecule is CC(C)C(=O)Nc1ccc(NS(=O)(=O)CCl)cc1. The first-order valence-corrected chi connectivity index (χ1v) is 7.50. The number of rotatable bonds is 5. The van der Waals surface area contributed by atoms with Crippen LogP contribution in [0.5, 0.6) is 0 Å². The molecule has 0 aliphatic rings. The minimum Gasteiger partial charge on any atom is -0.326 e. The maximum absolute atomic E-state index is 11.4. The predicted molar refractivity (Wildman–Crippen MR) is 73.2 cm³/mol. The molecule has 18 heavy (non-hydrogen) atoms. The molecule has 2 N–H and O–H groups in total. The predicted octanol–water partition coefficient (Wildman–Crippen LogP) is 2.22. The van der Waals surface area contributed by atoms with Crippen LogP contribution in [0.25, 0.3) is 0 Å². The summed E-state index contributed by atoms with van der Waals surface area (Å²) in [5.41, 5.74) is 1.01. The summed E-state index contributed by atoms with van der Waals surface area (Å²) in [5.74, 6) is -0.205. The van der Waals surface area contributed by atoms with E-state index in [9.17, 15) is 13.2 Å². The Labute approximate surface area is 112 Å². The van der Waals surface area contributed by atoms with Gasteiger partial charge in [0.15, 0.2) is 0 Å². The molecule has 1 aromatic carbocycles. The van der Waals surface area contributed by atoms with Gasteiger partial charge in [0.25, 0.3) is 0 Å². The van der Waals surface area contributed by atoms with Crippen molar-refractivity contribution < 1.29 is 13.2 Å². The van der Waals surface area contributed by atoms with E-state index in [4.69, 9.17) is 11.6 Å². The van der Waals surface area contributed by atoms with Crippen molar-refractivity contribution in [2.24, 2.45) is 5.92 Å². The summed E-state index contributed by atoms with van der Waals surface area (Å²) in [6.45, 7) is 3.58. The number of nitrogens with one attached hydrogen (secondary N) is 2. The Morgan fingerprint density at radius 1 is 1.22 bits per heavy atom. The first-order chi connectivity index (χ1) is 8.34. The van der Waals surface area contributed by atoms with Crippen molar-refractivity contribution in [3.63, 3.8) is 0 Å². The summed E-state index contributed by atoms with van der Waals surface area (Å²) in [7, 11) is -3.49. The summed E-state index contributed by atoms with van der Waals surface area (Å²) >= 11 is 5.27. The van der Waals surface area contributed by atoms with E-state index in [2.05, 4.69) is 10.0 Å². The number of hydrogen-bond acceptors (Lipinski definition) is 3. The number of alkyl halides is 1. The monoisotopic (exact) mass is 290 g/mol. The third-order valence-corrected chi connectivity index (χ3v) is 3.79. The van der Waals surface area contributed by atoms with Gasteiger partial charge < -0.3 is 5.32 Å². The highest BCUT2D eigenvalue weighted by molar-refractivity contribution is 7.93. The molecule has 0 aliphatic heterocycles. The molecule has 0 radical (unpaired) electrons. The van der Waals surface area contributed by atoms with Crippen LogP contribution in [0.3, 0.4) is 0 Å². The fraction of sp³-hybridized carbons (Fsp3) is 0.364. The molecule has 0 aliphatic carbocycles. The van der Waals surface area contributed by atoms with Crippen LogP contribution in [0.2, 0.25) is 0 Å². The highest BCUT2D eigenvalue weighted by atomic mass is 35.5. The van der Waals surface area contributed by atoms with E-state index >= 15 is 0 Å². The van der Waals surface area contributed by atoms with Gasteiger partial charge in [0, 0.05) is 17.3 Å². The van der Waals surface area contributed by atoms with Crippen molar-refractivity contribution in [3.05, 3.63) is 24.3 Å². The van der Waals surface area contributed by atoms with E-state index in [0.717, 1.165) is 0 Å². The largest absolute Gasteiger partial charge is 0.326 e. The number of amides is 1. The Kier molecular flexibility index (Phi) is 4.98. The van der Waals surface area contributed by atoms with Crippen LogP contribution >= 0.6 is 11.6 Å². The van der Waals surface area contributed by atoms with Crippen molar-refractivity contribution >= 4 is 38.9 Å². The molecule has 1 rings (SSSR count). The second-order valence-electron chi connectivity index (χ2n) is 4.05. The molecule has 0 bridgehead atoms. The summed E-state index contributed by atoms with van der Waals surface area (Å²) < 4.78 is 24.7. The molecule has 0 atom stereocenters. The molecular weight excluding hydrogens is 276 g/mol. The van der Waals surface area contributed by atoms with Crippen molar-refractivity contribution in [1.29, 1.82) is 0 Å². The molecule has 7 heteroatoms. The van der Waals surface area contributed by atoms with Crippen molar-refractivity contribution in [1.82, 2.24) is 0 Å². The van der Waals surface area contributed by atoms with Gasteiger partial charge in [-0.25, -0.2) is 8.42 Å². The molecule has 1 aromatic rings. The second-order valence-corrected chi connectivity index (χ2v) is 6.35. The molecule has 0 unspecified atom stereocenters. The molecule has 0 spiro atoms. The number of benzene rings is 1.